The fourth-order valence-electron chi connectivity index (χ4n) is 1.80. The van der Waals surface area contributed by atoms with Crippen molar-refractivity contribution in [2.45, 2.75) is 0 Å². The van der Waals surface area contributed by atoms with Gasteiger partial charge < -0.3 is 14.9 Å². The molecule has 1 fully saturated rings. The highest BCUT2D eigenvalue weighted by Crippen LogP contribution is 2.29. The minimum atomic E-state index is 0.220. The molecule has 1 aromatic carbocycles. The summed E-state index contributed by atoms with van der Waals surface area (Å²) in [6.07, 6.45) is 0. The molecule has 1 saturated heterocycles. The number of phenolic OH excluding ortho intramolecular Hbond substituents is 1. The zero-order chi connectivity index (χ0) is 10.8. The average Bonchev–Trinajstić information content (AvgIpc) is 2.20. The van der Waals surface area contributed by atoms with E-state index in [2.05, 4.69) is 16.8 Å². The standard InChI is InChI=1S/C11H15ClN2O/c1-13-4-6-14(7-5-13)11-3-2-9(15)8-10(11)12/h2-3,8,15H,4-7H2,1H3. The van der Waals surface area contributed by atoms with Crippen molar-refractivity contribution in [1.82, 2.24) is 4.90 Å². The molecule has 1 aromatic rings. The third-order valence-electron chi connectivity index (χ3n) is 2.78. The summed E-state index contributed by atoms with van der Waals surface area (Å²) < 4.78 is 0. The van der Waals surface area contributed by atoms with Crippen molar-refractivity contribution in [2.75, 3.05) is 38.1 Å². The first-order valence-corrected chi connectivity index (χ1v) is 5.46. The van der Waals surface area contributed by atoms with E-state index in [-0.39, 0.29) is 5.75 Å². The molecule has 0 spiro atoms. The number of phenols is 1. The topological polar surface area (TPSA) is 26.7 Å². The molecule has 2 rings (SSSR count). The Kier molecular flexibility index (Phi) is 3.03. The second-order valence-corrected chi connectivity index (χ2v) is 4.33. The second-order valence-electron chi connectivity index (χ2n) is 3.93. The minimum Gasteiger partial charge on any atom is -0.508 e. The normalized spacial score (nSPS) is 18.1. The van der Waals surface area contributed by atoms with Gasteiger partial charge in [-0.15, -0.1) is 0 Å². The van der Waals surface area contributed by atoms with Gasteiger partial charge in [-0.3, -0.25) is 0 Å². The van der Waals surface area contributed by atoms with Gasteiger partial charge in [-0.2, -0.15) is 0 Å². The molecule has 1 aliphatic rings. The zero-order valence-corrected chi connectivity index (χ0v) is 9.54. The Morgan fingerprint density at radius 3 is 2.47 bits per heavy atom. The Morgan fingerprint density at radius 1 is 1.20 bits per heavy atom. The summed E-state index contributed by atoms with van der Waals surface area (Å²) in [5.41, 5.74) is 1.02. The first kappa shape index (κ1) is 10.6. The van der Waals surface area contributed by atoms with Crippen molar-refractivity contribution < 1.29 is 5.11 Å². The number of rotatable bonds is 1. The lowest BCUT2D eigenvalue weighted by molar-refractivity contribution is 0.313. The summed E-state index contributed by atoms with van der Waals surface area (Å²) in [4.78, 5) is 4.55. The number of piperazine rings is 1. The number of aromatic hydroxyl groups is 1. The molecule has 1 N–H and O–H groups in total. The number of hydrogen-bond acceptors (Lipinski definition) is 3. The first-order valence-electron chi connectivity index (χ1n) is 5.09. The van der Waals surface area contributed by atoms with Gasteiger partial charge in [-0.1, -0.05) is 11.6 Å². The highest BCUT2D eigenvalue weighted by Gasteiger charge is 2.16. The summed E-state index contributed by atoms with van der Waals surface area (Å²) in [5, 5.41) is 9.89. The summed E-state index contributed by atoms with van der Waals surface area (Å²) in [7, 11) is 2.12. The quantitative estimate of drug-likeness (QED) is 0.791. The van der Waals surface area contributed by atoms with Crippen LogP contribution in [0.25, 0.3) is 0 Å². The number of halogens is 1. The molecule has 0 bridgehead atoms. The maximum absolute atomic E-state index is 9.27. The molecule has 1 aliphatic heterocycles. The number of benzene rings is 1. The predicted octanol–water partition coefficient (Wildman–Crippen LogP) is 1.80. The fraction of sp³-hybridized carbons (Fsp3) is 0.455. The summed E-state index contributed by atoms with van der Waals surface area (Å²) in [6.45, 7) is 4.08. The lowest BCUT2D eigenvalue weighted by Crippen LogP contribution is -2.44. The van der Waals surface area contributed by atoms with Gasteiger partial charge >= 0.3 is 0 Å². The minimum absolute atomic E-state index is 0.220. The molecule has 1 heterocycles. The smallest absolute Gasteiger partial charge is 0.117 e. The van der Waals surface area contributed by atoms with Crippen LogP contribution in [-0.4, -0.2) is 43.2 Å². The van der Waals surface area contributed by atoms with Crippen molar-refractivity contribution >= 4 is 17.3 Å². The maximum Gasteiger partial charge on any atom is 0.117 e. The summed E-state index contributed by atoms with van der Waals surface area (Å²) >= 11 is 6.08. The first-order chi connectivity index (χ1) is 7.16. The van der Waals surface area contributed by atoms with E-state index in [0.717, 1.165) is 31.9 Å². The van der Waals surface area contributed by atoms with Crippen LogP contribution >= 0.6 is 11.6 Å². The number of hydrogen-bond donors (Lipinski definition) is 1. The molecule has 0 unspecified atom stereocenters. The van der Waals surface area contributed by atoms with E-state index in [1.54, 1.807) is 12.1 Å². The lowest BCUT2D eigenvalue weighted by atomic mass is 10.2. The molecule has 0 aromatic heterocycles. The maximum atomic E-state index is 9.27. The Labute approximate surface area is 94.9 Å². The number of anilines is 1. The fourth-order valence-corrected chi connectivity index (χ4v) is 2.09. The molecule has 0 saturated carbocycles. The van der Waals surface area contributed by atoms with Crippen molar-refractivity contribution in [3.05, 3.63) is 23.2 Å². The molecule has 0 aliphatic carbocycles. The van der Waals surface area contributed by atoms with E-state index in [4.69, 9.17) is 11.6 Å². The van der Waals surface area contributed by atoms with Crippen LogP contribution in [0.15, 0.2) is 18.2 Å². The second kappa shape index (κ2) is 4.29. The molecule has 4 heteroatoms. The van der Waals surface area contributed by atoms with Crippen LogP contribution in [0.2, 0.25) is 5.02 Å². The van der Waals surface area contributed by atoms with Gasteiger partial charge in [0.25, 0.3) is 0 Å². The van der Waals surface area contributed by atoms with Crippen LogP contribution in [-0.2, 0) is 0 Å². The molecule has 15 heavy (non-hydrogen) atoms. The molecule has 0 radical (unpaired) electrons. The highest BCUT2D eigenvalue weighted by atomic mass is 35.5. The van der Waals surface area contributed by atoms with Crippen LogP contribution in [0.4, 0.5) is 5.69 Å². The average molecular weight is 227 g/mol. The van der Waals surface area contributed by atoms with E-state index in [0.29, 0.717) is 5.02 Å². The van der Waals surface area contributed by atoms with E-state index in [1.807, 2.05) is 6.07 Å². The lowest BCUT2D eigenvalue weighted by Gasteiger charge is -2.34. The Hall–Kier alpha value is -0.930. The largest absolute Gasteiger partial charge is 0.508 e. The Morgan fingerprint density at radius 2 is 1.87 bits per heavy atom. The van der Waals surface area contributed by atoms with Gasteiger partial charge in [0.05, 0.1) is 10.7 Å². The molecular formula is C11H15ClN2O. The molecule has 82 valence electrons. The van der Waals surface area contributed by atoms with Gasteiger partial charge in [-0.05, 0) is 19.2 Å². The van der Waals surface area contributed by atoms with Gasteiger partial charge in [0, 0.05) is 32.2 Å². The SMILES string of the molecule is CN1CCN(c2ccc(O)cc2Cl)CC1. The molecular weight excluding hydrogens is 212 g/mol. The van der Waals surface area contributed by atoms with Crippen LogP contribution in [0.5, 0.6) is 5.75 Å². The molecule has 0 atom stereocenters. The van der Waals surface area contributed by atoms with Crippen molar-refractivity contribution in [3.63, 3.8) is 0 Å². The van der Waals surface area contributed by atoms with Gasteiger partial charge in [0.1, 0.15) is 5.75 Å². The van der Waals surface area contributed by atoms with Crippen LogP contribution in [0.1, 0.15) is 0 Å². The van der Waals surface area contributed by atoms with Crippen LogP contribution in [0.3, 0.4) is 0 Å². The molecule has 0 amide bonds. The third-order valence-corrected chi connectivity index (χ3v) is 3.08. The van der Waals surface area contributed by atoms with E-state index < -0.39 is 0 Å². The van der Waals surface area contributed by atoms with Crippen molar-refractivity contribution in [3.8, 4) is 5.75 Å². The Balaban J connectivity index is 2.15. The third kappa shape index (κ3) is 2.36. The van der Waals surface area contributed by atoms with E-state index in [9.17, 15) is 5.11 Å². The highest BCUT2D eigenvalue weighted by molar-refractivity contribution is 6.33. The van der Waals surface area contributed by atoms with Gasteiger partial charge in [0.15, 0.2) is 0 Å². The van der Waals surface area contributed by atoms with Crippen LogP contribution in [0, 0.1) is 0 Å². The van der Waals surface area contributed by atoms with E-state index >= 15 is 0 Å². The summed E-state index contributed by atoms with van der Waals surface area (Å²) in [6, 6.07) is 5.15. The monoisotopic (exact) mass is 226 g/mol. The summed E-state index contributed by atoms with van der Waals surface area (Å²) in [5.74, 6) is 0.220. The van der Waals surface area contributed by atoms with Gasteiger partial charge in [-0.25, -0.2) is 0 Å². The number of nitrogens with zero attached hydrogens (tertiary/aromatic N) is 2. The van der Waals surface area contributed by atoms with Crippen LogP contribution < -0.4 is 4.90 Å². The van der Waals surface area contributed by atoms with E-state index in [1.165, 1.54) is 0 Å². The zero-order valence-electron chi connectivity index (χ0n) is 8.78. The number of likely N-dealkylation sites (N-methyl/N-ethyl adjacent to an activating group) is 1. The van der Waals surface area contributed by atoms with Crippen molar-refractivity contribution in [2.24, 2.45) is 0 Å². The van der Waals surface area contributed by atoms with Crippen molar-refractivity contribution in [1.29, 1.82) is 0 Å². The predicted molar refractivity (Wildman–Crippen MR) is 62.8 cm³/mol. The molecule has 3 nitrogen and oxygen atoms in total. The van der Waals surface area contributed by atoms with Gasteiger partial charge in [0.2, 0.25) is 0 Å². The Bertz CT molecular complexity index is 348.